The number of ether oxygens (including phenoxy) is 4. The lowest BCUT2D eigenvalue weighted by Crippen LogP contribution is -2.41. The monoisotopic (exact) mass is 606 g/mol. The lowest BCUT2D eigenvalue weighted by molar-refractivity contribution is -0.159. The van der Waals surface area contributed by atoms with E-state index >= 15 is 0 Å². The molecule has 0 radical (unpaired) electrons. The molecule has 4 heterocycles. The van der Waals surface area contributed by atoms with E-state index < -0.39 is 56.3 Å². The molecule has 2 aromatic heterocycles. The van der Waals surface area contributed by atoms with Crippen molar-refractivity contribution in [3.05, 3.63) is 42.5 Å². The Morgan fingerprint density at radius 2 is 1.90 bits per heavy atom. The van der Waals surface area contributed by atoms with Crippen LogP contribution >= 0.6 is 7.82 Å². The van der Waals surface area contributed by atoms with Crippen LogP contribution < -0.4 is 16.2 Å². The second-order valence-corrected chi connectivity index (χ2v) is 10.8. The van der Waals surface area contributed by atoms with Gasteiger partial charge in [0, 0.05) is 0 Å². The van der Waals surface area contributed by atoms with Crippen molar-refractivity contribution in [1.29, 1.82) is 0 Å². The first kappa shape index (κ1) is 29.5. The van der Waals surface area contributed by atoms with E-state index in [0.29, 0.717) is 0 Å². The fourth-order valence-corrected chi connectivity index (χ4v) is 5.47. The van der Waals surface area contributed by atoms with Crippen LogP contribution in [0.1, 0.15) is 24.6 Å². The van der Waals surface area contributed by atoms with Gasteiger partial charge in [-0.1, -0.05) is 12.1 Å². The van der Waals surface area contributed by atoms with Gasteiger partial charge in [0.2, 0.25) is 0 Å². The third-order valence-corrected chi connectivity index (χ3v) is 7.50. The normalized spacial score (nSPS) is 25.9. The van der Waals surface area contributed by atoms with Crippen LogP contribution in [0, 0.1) is 0 Å². The number of hydrogen-bond acceptors (Lipinski definition) is 15. The van der Waals surface area contributed by atoms with Gasteiger partial charge in [-0.15, -0.1) is 0 Å². The van der Waals surface area contributed by atoms with Gasteiger partial charge in [0.25, 0.3) is 0 Å². The largest absolute Gasteiger partial charge is 0.472 e. The van der Waals surface area contributed by atoms with Gasteiger partial charge >= 0.3 is 25.7 Å². The lowest BCUT2D eigenvalue weighted by atomic mass is 10.1. The average molecular weight is 606 g/mol. The van der Waals surface area contributed by atoms with Crippen LogP contribution in [0.3, 0.4) is 0 Å². The topological polar surface area (TPSA) is 240 Å². The van der Waals surface area contributed by atoms with Crippen molar-refractivity contribution in [3.63, 3.8) is 0 Å². The minimum Gasteiger partial charge on any atom is -0.468 e. The highest BCUT2D eigenvalue weighted by Gasteiger charge is 2.55. The fraction of sp³-hybridized carbons (Fsp3) is 0.417. The number of esters is 3. The van der Waals surface area contributed by atoms with Crippen molar-refractivity contribution in [1.82, 2.24) is 19.5 Å². The summed E-state index contributed by atoms with van der Waals surface area (Å²) >= 11 is 0. The molecule has 2 fully saturated rings. The lowest BCUT2D eigenvalue weighted by Gasteiger charge is -2.29. The fourth-order valence-electron chi connectivity index (χ4n) is 4.51. The van der Waals surface area contributed by atoms with Gasteiger partial charge in [-0.05, 0) is 24.1 Å². The summed E-state index contributed by atoms with van der Waals surface area (Å²) < 4.78 is 45.1. The van der Waals surface area contributed by atoms with Crippen molar-refractivity contribution >= 4 is 42.7 Å². The van der Waals surface area contributed by atoms with Crippen molar-refractivity contribution in [2.75, 3.05) is 19.5 Å². The number of methoxy groups -OCH3 is 1. The third kappa shape index (κ3) is 6.41. The summed E-state index contributed by atoms with van der Waals surface area (Å²) in [5.74, 6) is -1.74. The highest BCUT2D eigenvalue weighted by atomic mass is 31.2. The highest BCUT2D eigenvalue weighted by Crippen LogP contribution is 2.53. The maximum Gasteiger partial charge on any atom is 0.472 e. The number of imidazole rings is 1. The van der Waals surface area contributed by atoms with Gasteiger partial charge in [0.05, 0.1) is 32.9 Å². The van der Waals surface area contributed by atoms with E-state index in [1.54, 1.807) is 12.1 Å². The molecule has 18 heteroatoms. The molecule has 2 aliphatic heterocycles. The van der Waals surface area contributed by atoms with Gasteiger partial charge in [0.1, 0.15) is 35.8 Å². The summed E-state index contributed by atoms with van der Waals surface area (Å²) in [5.41, 5.74) is 12.9. The molecule has 0 aliphatic carbocycles. The zero-order valence-electron chi connectivity index (χ0n) is 22.1. The van der Waals surface area contributed by atoms with E-state index in [-0.39, 0.29) is 48.6 Å². The Balaban J connectivity index is 1.22. The average Bonchev–Trinajstić information content (AvgIpc) is 3.54. The molecule has 0 bridgehead atoms. The number of nitrogen functional groups attached to an aromatic ring is 1. The Morgan fingerprint density at radius 1 is 1.17 bits per heavy atom. The Labute approximate surface area is 237 Å². The number of phosphoric ester groups is 1. The number of benzene rings is 1. The Bertz CT molecular complexity index is 1530. The molecule has 17 nitrogen and oxygen atoms in total. The Kier molecular flexibility index (Phi) is 8.49. The van der Waals surface area contributed by atoms with E-state index in [4.69, 9.17) is 34.7 Å². The number of fused-ring (bicyclic) bond motifs is 2. The molecule has 1 unspecified atom stereocenters. The summed E-state index contributed by atoms with van der Waals surface area (Å²) in [4.78, 5) is 58.8. The Morgan fingerprint density at radius 3 is 2.64 bits per heavy atom. The van der Waals surface area contributed by atoms with Crippen molar-refractivity contribution in [3.8, 4) is 5.75 Å². The maximum atomic E-state index is 12.8. The van der Waals surface area contributed by atoms with Gasteiger partial charge in [0.15, 0.2) is 23.8 Å². The standard InChI is InChI=1S/C24H27N6O11P/c1-36-24(33)14(25)8-12-2-4-13(5-3-12)38-16(31)6-7-17(32)40-20-19-15(9-37-42(34,35)41-19)39-23(20)30-11-29-18-21(26)27-10-28-22(18)30/h2-5,10-11,14-15,19-20,23H,6-9,25H2,1H3,(H,34,35)(H2,26,27,28)/t14-,15+,19-,20-,23-/m1/s1. The van der Waals surface area contributed by atoms with E-state index in [2.05, 4.69) is 19.7 Å². The van der Waals surface area contributed by atoms with Crippen LogP contribution in [-0.4, -0.2) is 80.4 Å². The third-order valence-electron chi connectivity index (χ3n) is 6.52. The van der Waals surface area contributed by atoms with Gasteiger partial charge in [-0.2, -0.15) is 0 Å². The second kappa shape index (κ2) is 12.1. The first-order chi connectivity index (χ1) is 20.0. The molecule has 224 valence electrons. The molecule has 2 aliphatic rings. The van der Waals surface area contributed by atoms with Crippen LogP contribution in [-0.2, 0) is 48.6 Å². The number of hydrogen-bond donors (Lipinski definition) is 3. The van der Waals surface area contributed by atoms with Gasteiger partial charge in [-0.3, -0.25) is 28.0 Å². The SMILES string of the molecule is COC(=O)[C@H](N)Cc1ccc(OC(=O)CCC(=O)O[C@@H]2[C@@H]3OP(=O)(O)OC[C@@H]3O[C@H]2n2cnc3c(N)ncnc32)cc1. The zero-order valence-corrected chi connectivity index (χ0v) is 23.0. The van der Waals surface area contributed by atoms with Crippen molar-refractivity contribution < 1.29 is 51.8 Å². The quantitative estimate of drug-likeness (QED) is 0.167. The first-order valence-electron chi connectivity index (χ1n) is 12.6. The van der Waals surface area contributed by atoms with Crippen LogP contribution in [0.2, 0.25) is 0 Å². The molecule has 2 saturated heterocycles. The van der Waals surface area contributed by atoms with Crippen LogP contribution in [0.5, 0.6) is 5.75 Å². The summed E-state index contributed by atoms with van der Waals surface area (Å²) in [6.45, 7) is -0.299. The van der Waals surface area contributed by atoms with Crippen molar-refractivity contribution in [2.45, 2.75) is 49.8 Å². The van der Waals surface area contributed by atoms with E-state index in [9.17, 15) is 23.8 Å². The minimum absolute atomic E-state index is 0.111. The number of aromatic nitrogens is 4. The number of carbonyl (C=O) groups excluding carboxylic acids is 3. The summed E-state index contributed by atoms with van der Waals surface area (Å²) in [6.07, 6.45) is -2.26. The molecule has 6 atom stereocenters. The highest BCUT2D eigenvalue weighted by molar-refractivity contribution is 7.47. The van der Waals surface area contributed by atoms with E-state index in [0.717, 1.165) is 5.56 Å². The van der Waals surface area contributed by atoms with Gasteiger partial charge < -0.3 is 35.3 Å². The first-order valence-corrected chi connectivity index (χ1v) is 14.1. The zero-order chi connectivity index (χ0) is 30.0. The van der Waals surface area contributed by atoms with Gasteiger partial charge in [-0.25, -0.2) is 19.5 Å². The van der Waals surface area contributed by atoms with E-state index in [1.807, 2.05) is 0 Å². The molecule has 0 amide bonds. The summed E-state index contributed by atoms with van der Waals surface area (Å²) in [7, 11) is -3.18. The smallest absolute Gasteiger partial charge is 0.468 e. The molecule has 5 rings (SSSR count). The molecule has 3 aromatic rings. The Hall–Kier alpha value is -3.99. The summed E-state index contributed by atoms with van der Waals surface area (Å²) in [5, 5.41) is 0. The maximum absolute atomic E-state index is 12.8. The van der Waals surface area contributed by atoms with Crippen LogP contribution in [0.4, 0.5) is 5.82 Å². The van der Waals surface area contributed by atoms with E-state index in [1.165, 1.54) is 36.5 Å². The summed E-state index contributed by atoms with van der Waals surface area (Å²) in [6, 6.07) is 5.50. The van der Waals surface area contributed by atoms with Crippen LogP contribution in [0.15, 0.2) is 36.9 Å². The molecule has 5 N–H and O–H groups in total. The number of carbonyl (C=O) groups is 3. The predicted octanol–water partition coefficient (Wildman–Crippen LogP) is 0.162. The molecular weight excluding hydrogens is 579 g/mol. The molecule has 1 aromatic carbocycles. The van der Waals surface area contributed by atoms with Crippen LogP contribution in [0.25, 0.3) is 11.2 Å². The predicted molar refractivity (Wildman–Crippen MR) is 139 cm³/mol. The number of rotatable bonds is 9. The molecule has 0 saturated carbocycles. The molecular formula is C24H27N6O11P. The molecule has 42 heavy (non-hydrogen) atoms. The number of anilines is 1. The number of phosphoric acid groups is 1. The number of nitrogens with zero attached hydrogens (tertiary/aromatic N) is 4. The minimum atomic E-state index is -4.43. The molecule has 0 spiro atoms. The van der Waals surface area contributed by atoms with Crippen molar-refractivity contribution in [2.24, 2.45) is 5.73 Å². The number of nitrogens with two attached hydrogens (primary N) is 2. The second-order valence-electron chi connectivity index (χ2n) is 9.39.